The smallest absolute Gasteiger partial charge is 0.335 e. The molecule has 1 amide bonds. The van der Waals surface area contributed by atoms with Crippen molar-refractivity contribution in [2.24, 2.45) is 0 Å². The van der Waals surface area contributed by atoms with E-state index in [1.165, 1.54) is 12.1 Å². The molecule has 1 aliphatic rings. The molecule has 0 saturated carbocycles. The molecule has 6 heteroatoms. The number of anilines is 1. The lowest BCUT2D eigenvalue weighted by atomic mass is 10.2. The van der Waals surface area contributed by atoms with E-state index in [0.29, 0.717) is 13.0 Å². The van der Waals surface area contributed by atoms with Crippen molar-refractivity contribution in [3.63, 3.8) is 0 Å². The predicted octanol–water partition coefficient (Wildman–Crippen LogP) is 1.95. The van der Waals surface area contributed by atoms with Crippen LogP contribution in [0.25, 0.3) is 0 Å². The van der Waals surface area contributed by atoms with E-state index < -0.39 is 11.8 Å². The summed E-state index contributed by atoms with van der Waals surface area (Å²) >= 11 is 0. The van der Waals surface area contributed by atoms with Gasteiger partial charge in [-0.05, 0) is 44.1 Å². The van der Waals surface area contributed by atoms with Crippen molar-refractivity contribution < 1.29 is 19.1 Å². The van der Waals surface area contributed by atoms with Crippen LogP contribution in [0.5, 0.6) is 0 Å². The molecule has 0 bridgehead atoms. The number of hydrogen-bond donors (Lipinski definition) is 2. The first kappa shape index (κ1) is 14.5. The molecule has 1 heterocycles. The van der Waals surface area contributed by atoms with Gasteiger partial charge in [0.15, 0.2) is 0 Å². The number of carboxylic acids is 1. The SMILES string of the molecule is O=C(CCN1CCCC1)Nc1ccc(C(=O)O)cc1F. The Labute approximate surface area is 116 Å². The van der Waals surface area contributed by atoms with Crippen molar-refractivity contribution in [1.29, 1.82) is 0 Å². The van der Waals surface area contributed by atoms with Gasteiger partial charge in [0, 0.05) is 13.0 Å². The summed E-state index contributed by atoms with van der Waals surface area (Å²) in [5.41, 5.74) is -0.126. The van der Waals surface area contributed by atoms with Crippen molar-refractivity contribution >= 4 is 17.6 Å². The first-order valence-corrected chi connectivity index (χ1v) is 6.61. The quantitative estimate of drug-likeness (QED) is 0.865. The van der Waals surface area contributed by atoms with Gasteiger partial charge in [0.1, 0.15) is 5.82 Å². The fourth-order valence-electron chi connectivity index (χ4n) is 2.23. The minimum atomic E-state index is -1.20. The number of amides is 1. The van der Waals surface area contributed by atoms with E-state index in [4.69, 9.17) is 5.11 Å². The van der Waals surface area contributed by atoms with Crippen LogP contribution in [0.2, 0.25) is 0 Å². The van der Waals surface area contributed by atoms with E-state index in [9.17, 15) is 14.0 Å². The number of likely N-dealkylation sites (tertiary alicyclic amines) is 1. The molecule has 0 spiro atoms. The van der Waals surface area contributed by atoms with Crippen LogP contribution in [-0.2, 0) is 4.79 Å². The summed E-state index contributed by atoms with van der Waals surface area (Å²) < 4.78 is 13.6. The van der Waals surface area contributed by atoms with Crippen LogP contribution in [-0.4, -0.2) is 41.5 Å². The highest BCUT2D eigenvalue weighted by Crippen LogP contribution is 2.16. The zero-order valence-electron chi connectivity index (χ0n) is 11.1. The highest BCUT2D eigenvalue weighted by Gasteiger charge is 2.14. The largest absolute Gasteiger partial charge is 0.478 e. The number of benzene rings is 1. The second kappa shape index (κ2) is 6.47. The molecular formula is C14H17FN2O3. The second-order valence-electron chi connectivity index (χ2n) is 4.85. The molecule has 0 aliphatic carbocycles. The van der Waals surface area contributed by atoms with Gasteiger partial charge < -0.3 is 15.3 Å². The lowest BCUT2D eigenvalue weighted by molar-refractivity contribution is -0.116. The van der Waals surface area contributed by atoms with Crippen LogP contribution >= 0.6 is 0 Å². The molecule has 2 rings (SSSR count). The minimum Gasteiger partial charge on any atom is -0.478 e. The number of carbonyl (C=O) groups excluding carboxylic acids is 1. The van der Waals surface area contributed by atoms with Crippen LogP contribution in [0.15, 0.2) is 18.2 Å². The van der Waals surface area contributed by atoms with Crippen molar-refractivity contribution in [3.8, 4) is 0 Å². The molecule has 0 radical (unpaired) electrons. The molecule has 1 fully saturated rings. The average molecular weight is 280 g/mol. The molecule has 0 unspecified atom stereocenters. The van der Waals surface area contributed by atoms with Gasteiger partial charge in [-0.1, -0.05) is 0 Å². The van der Waals surface area contributed by atoms with Gasteiger partial charge >= 0.3 is 5.97 Å². The Kier molecular flexibility index (Phi) is 4.68. The summed E-state index contributed by atoms with van der Waals surface area (Å²) in [5.74, 6) is -2.20. The Balaban J connectivity index is 1.88. The van der Waals surface area contributed by atoms with Gasteiger partial charge in [0.2, 0.25) is 5.91 Å². The van der Waals surface area contributed by atoms with Crippen LogP contribution in [0.1, 0.15) is 29.6 Å². The number of carbonyl (C=O) groups is 2. The molecule has 108 valence electrons. The van der Waals surface area contributed by atoms with E-state index in [2.05, 4.69) is 10.2 Å². The summed E-state index contributed by atoms with van der Waals surface area (Å²) in [7, 11) is 0. The van der Waals surface area contributed by atoms with E-state index in [1.807, 2.05) is 0 Å². The number of hydrogen-bond acceptors (Lipinski definition) is 3. The Morgan fingerprint density at radius 2 is 2.00 bits per heavy atom. The summed E-state index contributed by atoms with van der Waals surface area (Å²) in [6.45, 7) is 2.69. The maximum atomic E-state index is 13.6. The fourth-order valence-corrected chi connectivity index (χ4v) is 2.23. The minimum absolute atomic E-state index is 0.0152. The molecule has 5 nitrogen and oxygen atoms in total. The van der Waals surface area contributed by atoms with Gasteiger partial charge in [0.25, 0.3) is 0 Å². The fraction of sp³-hybridized carbons (Fsp3) is 0.429. The zero-order chi connectivity index (χ0) is 14.5. The van der Waals surface area contributed by atoms with Crippen LogP contribution in [0.4, 0.5) is 10.1 Å². The highest BCUT2D eigenvalue weighted by atomic mass is 19.1. The molecule has 1 aromatic carbocycles. The molecule has 2 N–H and O–H groups in total. The second-order valence-corrected chi connectivity index (χ2v) is 4.85. The maximum Gasteiger partial charge on any atom is 0.335 e. The lowest BCUT2D eigenvalue weighted by Crippen LogP contribution is -2.25. The van der Waals surface area contributed by atoms with Gasteiger partial charge in [-0.2, -0.15) is 0 Å². The Bertz CT molecular complexity index is 513. The van der Waals surface area contributed by atoms with Gasteiger partial charge in [-0.15, -0.1) is 0 Å². The number of nitrogens with zero attached hydrogens (tertiary/aromatic N) is 1. The number of carboxylic acid groups (broad SMARTS) is 1. The normalized spacial score (nSPS) is 15.2. The van der Waals surface area contributed by atoms with Gasteiger partial charge in [0.05, 0.1) is 11.3 Å². The van der Waals surface area contributed by atoms with E-state index >= 15 is 0 Å². The van der Waals surface area contributed by atoms with Crippen LogP contribution < -0.4 is 5.32 Å². The molecule has 0 atom stereocenters. The summed E-state index contributed by atoms with van der Waals surface area (Å²) in [4.78, 5) is 24.6. The first-order chi connectivity index (χ1) is 9.56. The standard InChI is InChI=1S/C14H17FN2O3/c15-11-9-10(14(19)20)3-4-12(11)16-13(18)5-8-17-6-1-2-7-17/h3-4,9H,1-2,5-8H2,(H,16,18)(H,19,20). The van der Waals surface area contributed by atoms with Gasteiger partial charge in [-0.25, -0.2) is 9.18 Å². The Hall–Kier alpha value is -1.95. The Morgan fingerprint density at radius 1 is 1.30 bits per heavy atom. The first-order valence-electron chi connectivity index (χ1n) is 6.61. The maximum absolute atomic E-state index is 13.6. The number of nitrogens with one attached hydrogen (secondary N) is 1. The van der Waals surface area contributed by atoms with Crippen LogP contribution in [0, 0.1) is 5.82 Å². The van der Waals surface area contributed by atoms with E-state index in [-0.39, 0.29) is 17.2 Å². The molecule has 20 heavy (non-hydrogen) atoms. The van der Waals surface area contributed by atoms with Crippen molar-refractivity contribution in [2.75, 3.05) is 25.0 Å². The molecule has 0 aromatic heterocycles. The summed E-state index contributed by atoms with van der Waals surface area (Å²) in [6, 6.07) is 3.44. The third-order valence-electron chi connectivity index (χ3n) is 3.34. The zero-order valence-corrected chi connectivity index (χ0v) is 11.1. The van der Waals surface area contributed by atoms with Gasteiger partial charge in [-0.3, -0.25) is 4.79 Å². The lowest BCUT2D eigenvalue weighted by Gasteiger charge is -2.14. The highest BCUT2D eigenvalue weighted by molar-refractivity contribution is 5.92. The predicted molar refractivity (Wildman–Crippen MR) is 72.3 cm³/mol. The molecular weight excluding hydrogens is 263 g/mol. The third-order valence-corrected chi connectivity index (χ3v) is 3.34. The van der Waals surface area contributed by atoms with Crippen molar-refractivity contribution in [1.82, 2.24) is 4.90 Å². The number of aromatic carboxylic acids is 1. The Morgan fingerprint density at radius 3 is 2.60 bits per heavy atom. The van der Waals surface area contributed by atoms with Crippen LogP contribution in [0.3, 0.4) is 0 Å². The number of rotatable bonds is 5. The molecule has 1 aromatic rings. The topological polar surface area (TPSA) is 69.6 Å². The summed E-state index contributed by atoms with van der Waals surface area (Å²) in [5, 5.41) is 11.2. The van der Waals surface area contributed by atoms with Crippen molar-refractivity contribution in [2.45, 2.75) is 19.3 Å². The molecule has 1 saturated heterocycles. The third kappa shape index (κ3) is 3.77. The monoisotopic (exact) mass is 280 g/mol. The average Bonchev–Trinajstić information content (AvgIpc) is 2.91. The van der Waals surface area contributed by atoms with Crippen molar-refractivity contribution in [3.05, 3.63) is 29.6 Å². The van der Waals surface area contributed by atoms with E-state index in [0.717, 1.165) is 32.0 Å². The summed E-state index contributed by atoms with van der Waals surface area (Å²) in [6.07, 6.45) is 2.62. The molecule has 1 aliphatic heterocycles. The van der Waals surface area contributed by atoms with E-state index in [1.54, 1.807) is 0 Å². The number of halogens is 1.